The van der Waals surface area contributed by atoms with E-state index in [2.05, 4.69) is 27.5 Å². The molecule has 7 heteroatoms. The number of nitrogens with one attached hydrogen (secondary N) is 1. The van der Waals surface area contributed by atoms with Crippen LogP contribution in [0.25, 0.3) is 0 Å². The molecule has 1 saturated heterocycles. The summed E-state index contributed by atoms with van der Waals surface area (Å²) in [6.07, 6.45) is 5.56. The third-order valence-corrected chi connectivity index (χ3v) is 5.73. The Kier molecular flexibility index (Phi) is 6.92. The number of likely N-dealkylation sites (tertiary alicyclic amines) is 1. The molecule has 1 aromatic heterocycles. The number of carbonyl (C=O) groups is 1. The van der Waals surface area contributed by atoms with E-state index in [1.165, 1.54) is 12.8 Å². The fourth-order valence-corrected chi connectivity index (χ4v) is 4.31. The van der Waals surface area contributed by atoms with E-state index in [0.29, 0.717) is 0 Å². The van der Waals surface area contributed by atoms with E-state index in [0.717, 1.165) is 47.5 Å². The first-order valence-electron chi connectivity index (χ1n) is 7.57. The van der Waals surface area contributed by atoms with Crippen LogP contribution in [-0.4, -0.2) is 52.9 Å². The monoisotopic (exact) mass is 328 g/mol. The Morgan fingerprint density at radius 3 is 3.05 bits per heavy atom. The van der Waals surface area contributed by atoms with E-state index in [9.17, 15) is 4.79 Å². The van der Waals surface area contributed by atoms with Crippen LogP contribution in [0, 0.1) is 6.92 Å². The molecular formula is C14H24N4OS2. The summed E-state index contributed by atoms with van der Waals surface area (Å²) in [5.74, 6) is 1.16. The second-order valence-corrected chi connectivity index (χ2v) is 7.95. The van der Waals surface area contributed by atoms with E-state index in [1.54, 1.807) is 23.1 Å². The normalized spacial score (nSPS) is 20.2. The lowest BCUT2D eigenvalue weighted by Crippen LogP contribution is -2.45. The first-order chi connectivity index (χ1) is 10.2. The third kappa shape index (κ3) is 5.56. The lowest BCUT2D eigenvalue weighted by molar-refractivity contribution is -0.126. The van der Waals surface area contributed by atoms with Crippen LogP contribution in [0.1, 0.15) is 37.1 Å². The molecule has 0 radical (unpaired) electrons. The summed E-state index contributed by atoms with van der Waals surface area (Å²) >= 11 is 3.34. The summed E-state index contributed by atoms with van der Waals surface area (Å²) in [5.41, 5.74) is 0. The minimum Gasteiger partial charge on any atom is -0.355 e. The van der Waals surface area contributed by atoms with Gasteiger partial charge in [-0.1, -0.05) is 35.9 Å². The van der Waals surface area contributed by atoms with Crippen molar-refractivity contribution in [2.24, 2.45) is 0 Å². The minimum atomic E-state index is 0.0611. The van der Waals surface area contributed by atoms with Crippen molar-refractivity contribution in [3.8, 4) is 0 Å². The van der Waals surface area contributed by atoms with E-state index >= 15 is 0 Å². The lowest BCUT2D eigenvalue weighted by atomic mass is 10.1. The summed E-state index contributed by atoms with van der Waals surface area (Å²) < 4.78 is 1.02. The van der Waals surface area contributed by atoms with Gasteiger partial charge in [-0.15, -0.1) is 10.2 Å². The Labute approximate surface area is 134 Å². The van der Waals surface area contributed by atoms with Crippen molar-refractivity contribution in [2.45, 2.75) is 49.4 Å². The van der Waals surface area contributed by atoms with Crippen LogP contribution in [0.2, 0.25) is 0 Å². The van der Waals surface area contributed by atoms with Crippen molar-refractivity contribution >= 4 is 29.0 Å². The molecule has 1 amide bonds. The van der Waals surface area contributed by atoms with Crippen molar-refractivity contribution in [1.82, 2.24) is 20.4 Å². The Hall–Kier alpha value is -0.660. The van der Waals surface area contributed by atoms with Crippen molar-refractivity contribution in [2.75, 3.05) is 25.9 Å². The molecular weight excluding hydrogens is 304 g/mol. The second kappa shape index (κ2) is 8.70. The van der Waals surface area contributed by atoms with Crippen LogP contribution < -0.4 is 5.32 Å². The maximum atomic E-state index is 12.2. The highest BCUT2D eigenvalue weighted by Gasteiger charge is 2.23. The topological polar surface area (TPSA) is 58.1 Å². The van der Waals surface area contributed by atoms with Gasteiger partial charge >= 0.3 is 0 Å². The highest BCUT2D eigenvalue weighted by molar-refractivity contribution is 8.01. The molecule has 2 rings (SSSR count). The molecule has 0 saturated carbocycles. The molecule has 1 aromatic rings. The molecule has 1 atom stereocenters. The largest absolute Gasteiger partial charge is 0.355 e. The van der Waals surface area contributed by atoms with Crippen LogP contribution in [0.3, 0.4) is 0 Å². The molecule has 0 bridgehead atoms. The maximum Gasteiger partial charge on any atom is 0.237 e. The molecule has 2 heterocycles. The zero-order valence-corrected chi connectivity index (χ0v) is 14.4. The van der Waals surface area contributed by atoms with Gasteiger partial charge in [0.2, 0.25) is 5.91 Å². The van der Waals surface area contributed by atoms with Crippen LogP contribution in [0.5, 0.6) is 0 Å². The van der Waals surface area contributed by atoms with Gasteiger partial charge < -0.3 is 5.32 Å². The standard InChI is InChI=1S/C14H24N4OS2/c1-11-16-17-14(21-11)20-10-6-8-15-13(19)12-7-4-3-5-9-18(12)2/h12H,3-10H2,1-2H3,(H,15,19). The highest BCUT2D eigenvalue weighted by atomic mass is 32.2. The summed E-state index contributed by atoms with van der Waals surface area (Å²) in [6.45, 7) is 3.74. The summed E-state index contributed by atoms with van der Waals surface area (Å²) in [7, 11) is 2.06. The van der Waals surface area contributed by atoms with Gasteiger partial charge in [0.1, 0.15) is 5.01 Å². The number of thioether (sulfide) groups is 1. The predicted molar refractivity (Wildman–Crippen MR) is 87.9 cm³/mol. The zero-order valence-electron chi connectivity index (χ0n) is 12.8. The quantitative estimate of drug-likeness (QED) is 0.641. The van der Waals surface area contributed by atoms with Crippen LogP contribution >= 0.6 is 23.1 Å². The Bertz CT molecular complexity index is 452. The van der Waals surface area contributed by atoms with Gasteiger partial charge in [-0.3, -0.25) is 9.69 Å². The van der Waals surface area contributed by atoms with E-state index in [1.807, 2.05) is 6.92 Å². The van der Waals surface area contributed by atoms with E-state index in [-0.39, 0.29) is 11.9 Å². The van der Waals surface area contributed by atoms with Gasteiger partial charge in [-0.2, -0.15) is 0 Å². The van der Waals surface area contributed by atoms with Gasteiger partial charge in [0, 0.05) is 12.3 Å². The Morgan fingerprint density at radius 2 is 2.29 bits per heavy atom. The van der Waals surface area contributed by atoms with Crippen molar-refractivity contribution < 1.29 is 4.79 Å². The van der Waals surface area contributed by atoms with Crippen LogP contribution in [-0.2, 0) is 4.79 Å². The van der Waals surface area contributed by atoms with Gasteiger partial charge in [-0.25, -0.2) is 0 Å². The number of amides is 1. The summed E-state index contributed by atoms with van der Waals surface area (Å²) in [4.78, 5) is 14.4. The number of nitrogens with zero attached hydrogens (tertiary/aromatic N) is 3. The Morgan fingerprint density at radius 1 is 1.43 bits per heavy atom. The third-order valence-electron chi connectivity index (χ3n) is 3.68. The molecule has 0 spiro atoms. The number of likely N-dealkylation sites (N-methyl/N-ethyl adjacent to an activating group) is 1. The molecule has 1 N–H and O–H groups in total. The first kappa shape index (κ1) is 16.7. The molecule has 21 heavy (non-hydrogen) atoms. The fourth-order valence-electron chi connectivity index (χ4n) is 2.48. The maximum absolute atomic E-state index is 12.2. The second-order valence-electron chi connectivity index (χ2n) is 5.43. The molecule has 118 valence electrons. The molecule has 1 aliphatic rings. The number of carbonyl (C=O) groups excluding carboxylic acids is 1. The number of rotatable bonds is 6. The molecule has 0 aliphatic carbocycles. The fraction of sp³-hybridized carbons (Fsp3) is 0.786. The number of aromatic nitrogens is 2. The van der Waals surface area contributed by atoms with Gasteiger partial charge in [0.15, 0.2) is 4.34 Å². The first-order valence-corrected chi connectivity index (χ1v) is 9.38. The van der Waals surface area contributed by atoms with E-state index < -0.39 is 0 Å². The highest BCUT2D eigenvalue weighted by Crippen LogP contribution is 2.22. The number of aryl methyl sites for hydroxylation is 1. The Balaban J connectivity index is 1.62. The van der Waals surface area contributed by atoms with Gasteiger partial charge in [-0.05, 0) is 39.8 Å². The van der Waals surface area contributed by atoms with Crippen LogP contribution in [0.15, 0.2) is 4.34 Å². The molecule has 0 aromatic carbocycles. The molecule has 1 aliphatic heterocycles. The smallest absolute Gasteiger partial charge is 0.237 e. The average Bonchev–Trinajstić information content (AvgIpc) is 2.75. The lowest BCUT2D eigenvalue weighted by Gasteiger charge is -2.24. The summed E-state index contributed by atoms with van der Waals surface area (Å²) in [5, 5.41) is 12.2. The molecule has 5 nitrogen and oxygen atoms in total. The van der Waals surface area contributed by atoms with Crippen molar-refractivity contribution in [1.29, 1.82) is 0 Å². The average molecular weight is 329 g/mol. The zero-order chi connectivity index (χ0) is 15.1. The van der Waals surface area contributed by atoms with Gasteiger partial charge in [0.25, 0.3) is 0 Å². The van der Waals surface area contributed by atoms with E-state index in [4.69, 9.17) is 0 Å². The van der Waals surface area contributed by atoms with Gasteiger partial charge in [0.05, 0.1) is 6.04 Å². The molecule has 1 fully saturated rings. The predicted octanol–water partition coefficient (Wildman–Crippen LogP) is 2.32. The number of hydrogen-bond donors (Lipinski definition) is 1. The van der Waals surface area contributed by atoms with Crippen molar-refractivity contribution in [3.63, 3.8) is 0 Å². The minimum absolute atomic E-state index is 0.0611. The summed E-state index contributed by atoms with van der Waals surface area (Å²) in [6, 6.07) is 0.0611. The van der Waals surface area contributed by atoms with Crippen LogP contribution in [0.4, 0.5) is 0 Å². The number of hydrogen-bond acceptors (Lipinski definition) is 6. The molecule has 1 unspecified atom stereocenters. The van der Waals surface area contributed by atoms with Crippen molar-refractivity contribution in [3.05, 3.63) is 5.01 Å². The SMILES string of the molecule is Cc1nnc(SCCCNC(=O)C2CCCCCN2C)s1.